The molecule has 5 heteroatoms. The Morgan fingerprint density at radius 3 is 1.76 bits per heavy atom. The average Bonchev–Trinajstić information content (AvgIpc) is 2.18. The number of carboxylic acid groups (broad SMARTS) is 2. The van der Waals surface area contributed by atoms with Crippen LogP contribution in [0.4, 0.5) is 0 Å². The topological polar surface area (TPSA) is 80.3 Å². The van der Waals surface area contributed by atoms with Gasteiger partial charge in [-0.25, -0.2) is 0 Å². The summed E-state index contributed by atoms with van der Waals surface area (Å²) in [5.41, 5.74) is -1.92. The Bertz CT molecular complexity index is 386. The Labute approximate surface area is 116 Å². The summed E-state index contributed by atoms with van der Waals surface area (Å²) in [6, 6.07) is 7.74. The van der Waals surface area contributed by atoms with Crippen molar-refractivity contribution in [2.45, 2.75) is 19.3 Å². The molecule has 0 N–H and O–H groups in total. The van der Waals surface area contributed by atoms with Gasteiger partial charge in [-0.3, -0.25) is 0 Å². The Morgan fingerprint density at radius 2 is 1.47 bits per heavy atom. The van der Waals surface area contributed by atoms with E-state index in [2.05, 4.69) is 0 Å². The van der Waals surface area contributed by atoms with E-state index < -0.39 is 23.3 Å². The number of carboxylic acids is 2. The van der Waals surface area contributed by atoms with Crippen LogP contribution >= 0.6 is 0 Å². The molecule has 0 amide bonds. The molecule has 1 rings (SSSR count). The van der Waals surface area contributed by atoms with Crippen molar-refractivity contribution in [3.05, 3.63) is 35.9 Å². The van der Waals surface area contributed by atoms with E-state index in [9.17, 15) is 19.8 Å². The zero-order valence-electron chi connectivity index (χ0n) is 9.80. The van der Waals surface area contributed by atoms with Gasteiger partial charge in [-0.05, 0) is 11.5 Å². The summed E-state index contributed by atoms with van der Waals surface area (Å²) < 4.78 is 0. The van der Waals surface area contributed by atoms with E-state index in [4.69, 9.17) is 0 Å². The Hall–Kier alpha value is -1.07. The molecule has 86 valence electrons. The molecular weight excluding hydrogens is 232 g/mol. The van der Waals surface area contributed by atoms with Gasteiger partial charge in [0.2, 0.25) is 0 Å². The molecule has 0 aliphatic rings. The van der Waals surface area contributed by atoms with E-state index >= 15 is 0 Å². The maximum absolute atomic E-state index is 11.2. The van der Waals surface area contributed by atoms with Gasteiger partial charge in [0.15, 0.2) is 0 Å². The molecule has 0 saturated carbocycles. The summed E-state index contributed by atoms with van der Waals surface area (Å²) in [4.78, 5) is 22.3. The van der Waals surface area contributed by atoms with Crippen molar-refractivity contribution >= 4 is 35.0 Å². The Balaban J connectivity index is 0.00000256. The fraction of sp³-hybridized carbons (Fsp3) is 0.333. The van der Waals surface area contributed by atoms with Crippen LogP contribution in [0.25, 0.3) is 0 Å². The molecular formula is C12H12MgO4. The summed E-state index contributed by atoms with van der Waals surface area (Å²) in [7, 11) is 0. The molecule has 0 heterocycles. The van der Waals surface area contributed by atoms with Gasteiger partial charge in [-0.2, -0.15) is 0 Å². The van der Waals surface area contributed by atoms with Crippen LogP contribution in [-0.2, 0) is 15.0 Å². The summed E-state index contributed by atoms with van der Waals surface area (Å²) in [6.07, 6.45) is 0. The first-order valence-electron chi connectivity index (χ1n) is 4.92. The van der Waals surface area contributed by atoms with E-state index in [1.807, 2.05) is 0 Å². The number of carbonyl (C=O) groups is 2. The van der Waals surface area contributed by atoms with Crippen LogP contribution in [0.5, 0.6) is 0 Å². The second-order valence-corrected chi connectivity index (χ2v) is 3.90. The number of benzene rings is 1. The molecule has 0 atom stereocenters. The van der Waals surface area contributed by atoms with Gasteiger partial charge in [0.1, 0.15) is 0 Å². The zero-order valence-corrected chi connectivity index (χ0v) is 11.2. The SMILES string of the molecule is CC(C)C(C(=O)[O-])(C(=O)[O-])c1ccccc1.[Mg+2]. The second kappa shape index (κ2) is 6.02. The van der Waals surface area contributed by atoms with Gasteiger partial charge in [-0.1, -0.05) is 44.2 Å². The molecule has 0 aromatic heterocycles. The van der Waals surface area contributed by atoms with Gasteiger partial charge in [-0.15, -0.1) is 0 Å². The fourth-order valence-electron chi connectivity index (χ4n) is 1.82. The smallest absolute Gasteiger partial charge is 0.549 e. The van der Waals surface area contributed by atoms with Crippen LogP contribution in [0.15, 0.2) is 30.3 Å². The van der Waals surface area contributed by atoms with Crippen LogP contribution in [0.3, 0.4) is 0 Å². The minimum absolute atomic E-state index is 0. The third kappa shape index (κ3) is 2.61. The standard InChI is InChI=1S/C12H14O4.Mg/c1-8(2)12(10(13)14,11(15)16)9-6-4-3-5-7-9;/h3-8H,1-2H3,(H,13,14)(H,15,16);/q;+2/p-2. The maximum atomic E-state index is 11.2. The van der Waals surface area contributed by atoms with Crippen LogP contribution < -0.4 is 10.2 Å². The van der Waals surface area contributed by atoms with Crippen LogP contribution in [-0.4, -0.2) is 35.0 Å². The normalized spacial score (nSPS) is 10.8. The number of carbonyl (C=O) groups excluding carboxylic acids is 2. The summed E-state index contributed by atoms with van der Waals surface area (Å²) in [6.45, 7) is 3.02. The third-order valence-corrected chi connectivity index (χ3v) is 2.74. The van der Waals surface area contributed by atoms with Crippen LogP contribution in [0.2, 0.25) is 0 Å². The second-order valence-electron chi connectivity index (χ2n) is 3.90. The summed E-state index contributed by atoms with van der Waals surface area (Å²) >= 11 is 0. The van der Waals surface area contributed by atoms with E-state index in [0.29, 0.717) is 0 Å². The number of aliphatic carboxylic acids is 2. The molecule has 1 aromatic carbocycles. The number of rotatable bonds is 4. The zero-order chi connectivity index (χ0) is 12.3. The molecule has 0 aliphatic carbocycles. The number of hydrogen-bond acceptors (Lipinski definition) is 4. The van der Waals surface area contributed by atoms with Gasteiger partial charge >= 0.3 is 23.1 Å². The molecule has 0 fully saturated rings. The molecule has 0 radical (unpaired) electrons. The molecule has 0 aliphatic heterocycles. The first kappa shape index (κ1) is 15.9. The van der Waals surface area contributed by atoms with Crippen molar-refractivity contribution in [1.29, 1.82) is 0 Å². The largest absolute Gasteiger partial charge is 2.00 e. The minimum Gasteiger partial charge on any atom is -0.549 e. The third-order valence-electron chi connectivity index (χ3n) is 2.74. The van der Waals surface area contributed by atoms with Crippen molar-refractivity contribution in [1.82, 2.24) is 0 Å². The Morgan fingerprint density at radius 1 is 1.06 bits per heavy atom. The van der Waals surface area contributed by atoms with Crippen LogP contribution in [0.1, 0.15) is 19.4 Å². The van der Waals surface area contributed by atoms with E-state index in [0.717, 1.165) is 0 Å². The van der Waals surface area contributed by atoms with E-state index in [1.54, 1.807) is 18.2 Å². The van der Waals surface area contributed by atoms with Crippen molar-refractivity contribution in [2.75, 3.05) is 0 Å². The molecule has 0 spiro atoms. The molecule has 17 heavy (non-hydrogen) atoms. The molecule has 1 aromatic rings. The van der Waals surface area contributed by atoms with E-state index in [-0.39, 0.29) is 28.6 Å². The predicted octanol–water partition coefficient (Wildman–Crippen LogP) is -1.30. The summed E-state index contributed by atoms with van der Waals surface area (Å²) in [5.74, 6) is -3.95. The summed E-state index contributed by atoms with van der Waals surface area (Å²) in [5, 5.41) is 22.3. The minimum atomic E-state index is -2.10. The molecule has 0 saturated heterocycles. The maximum Gasteiger partial charge on any atom is 2.00 e. The van der Waals surface area contributed by atoms with Crippen molar-refractivity contribution in [3.8, 4) is 0 Å². The van der Waals surface area contributed by atoms with Crippen LogP contribution in [0, 0.1) is 5.92 Å². The van der Waals surface area contributed by atoms with Crippen molar-refractivity contribution < 1.29 is 19.8 Å². The van der Waals surface area contributed by atoms with Gasteiger partial charge in [0, 0.05) is 0 Å². The fourth-order valence-corrected chi connectivity index (χ4v) is 1.82. The monoisotopic (exact) mass is 244 g/mol. The van der Waals surface area contributed by atoms with Gasteiger partial charge < -0.3 is 19.8 Å². The molecule has 0 unspecified atom stereocenters. The molecule has 0 bridgehead atoms. The quantitative estimate of drug-likeness (QED) is 0.487. The first-order valence-corrected chi connectivity index (χ1v) is 4.92. The van der Waals surface area contributed by atoms with Gasteiger partial charge in [0.05, 0.1) is 17.4 Å². The van der Waals surface area contributed by atoms with E-state index in [1.165, 1.54) is 26.0 Å². The molecule has 4 nitrogen and oxygen atoms in total. The van der Waals surface area contributed by atoms with Crippen molar-refractivity contribution in [3.63, 3.8) is 0 Å². The number of hydrogen-bond donors (Lipinski definition) is 0. The van der Waals surface area contributed by atoms with Gasteiger partial charge in [0.25, 0.3) is 0 Å². The van der Waals surface area contributed by atoms with Crippen molar-refractivity contribution in [2.24, 2.45) is 5.92 Å². The predicted molar refractivity (Wildman–Crippen MR) is 58.7 cm³/mol. The Kier molecular flexibility index (Phi) is 5.64. The average molecular weight is 245 g/mol. The first-order chi connectivity index (χ1) is 7.44.